The van der Waals surface area contributed by atoms with E-state index >= 15 is 0 Å². The van der Waals surface area contributed by atoms with Crippen molar-refractivity contribution in [3.63, 3.8) is 0 Å². The summed E-state index contributed by atoms with van der Waals surface area (Å²) in [5.74, 6) is -2.88. The predicted molar refractivity (Wildman–Crippen MR) is 106 cm³/mol. The molecule has 0 aromatic carbocycles. The van der Waals surface area contributed by atoms with Crippen LogP contribution in [0.25, 0.3) is 0 Å². The zero-order chi connectivity index (χ0) is 20.1. The quantitative estimate of drug-likeness (QED) is 0.736. The Hall–Kier alpha value is -1.73. The van der Waals surface area contributed by atoms with E-state index in [0.717, 1.165) is 37.0 Å². The van der Waals surface area contributed by atoms with Gasteiger partial charge in [0.25, 0.3) is 0 Å². The van der Waals surface area contributed by atoms with Crippen molar-refractivity contribution < 1.29 is 19.5 Å². The molecule has 1 aromatic rings. The van der Waals surface area contributed by atoms with Crippen molar-refractivity contribution in [2.24, 2.45) is 17.8 Å². The van der Waals surface area contributed by atoms with E-state index in [0.29, 0.717) is 6.42 Å². The van der Waals surface area contributed by atoms with Crippen LogP contribution in [0.2, 0.25) is 0 Å². The molecular formula is C21H28N2O4S. The van der Waals surface area contributed by atoms with E-state index < -0.39 is 29.4 Å². The Morgan fingerprint density at radius 3 is 2.57 bits per heavy atom. The Bertz CT molecular complexity index is 771. The summed E-state index contributed by atoms with van der Waals surface area (Å²) in [4.78, 5) is 41.9. The van der Waals surface area contributed by atoms with Crippen LogP contribution in [0, 0.1) is 17.8 Å². The second-order valence-corrected chi connectivity index (χ2v) is 9.83. The van der Waals surface area contributed by atoms with Gasteiger partial charge >= 0.3 is 5.97 Å². The van der Waals surface area contributed by atoms with E-state index in [1.165, 1.54) is 16.2 Å². The fraction of sp³-hybridized carbons (Fsp3) is 0.667. The number of imide groups is 1. The van der Waals surface area contributed by atoms with Crippen molar-refractivity contribution in [3.05, 3.63) is 22.4 Å². The van der Waals surface area contributed by atoms with Gasteiger partial charge in [-0.25, -0.2) is 0 Å². The van der Waals surface area contributed by atoms with E-state index in [2.05, 4.69) is 5.32 Å². The van der Waals surface area contributed by atoms with Crippen LogP contribution in [0.1, 0.15) is 63.3 Å². The SMILES string of the molecule is CC(C)CC1(C(=O)O)NC(c2cccs2)C2C(=O)N(C3CCCCC3)C(=O)C21. The second-order valence-electron chi connectivity index (χ2n) is 8.85. The number of rotatable bonds is 5. The molecule has 1 aromatic heterocycles. The third-order valence-electron chi connectivity index (χ3n) is 6.59. The summed E-state index contributed by atoms with van der Waals surface area (Å²) in [5.41, 5.74) is -1.40. The standard InChI is InChI=1S/C21H28N2O4S/c1-12(2)11-21(20(26)27)16-15(17(22-21)14-9-6-10-28-14)18(24)23(19(16)25)13-7-4-3-5-8-13/h6,9-10,12-13,15-17,22H,3-5,7-8,11H2,1-2H3,(H,26,27). The van der Waals surface area contributed by atoms with Crippen LogP contribution in [0.5, 0.6) is 0 Å². The molecule has 3 aliphatic rings. The average molecular weight is 405 g/mol. The molecule has 2 saturated heterocycles. The molecule has 3 heterocycles. The van der Waals surface area contributed by atoms with Crippen LogP contribution in [0.15, 0.2) is 17.5 Å². The smallest absolute Gasteiger partial charge is 0.324 e. The zero-order valence-electron chi connectivity index (χ0n) is 16.4. The Morgan fingerprint density at radius 2 is 2.00 bits per heavy atom. The van der Waals surface area contributed by atoms with Crippen LogP contribution in [0.3, 0.4) is 0 Å². The molecule has 0 spiro atoms. The number of nitrogens with zero attached hydrogens (tertiary/aromatic N) is 1. The number of hydrogen-bond acceptors (Lipinski definition) is 5. The number of aliphatic carboxylic acids is 1. The molecule has 1 aliphatic carbocycles. The van der Waals surface area contributed by atoms with E-state index in [1.807, 2.05) is 31.4 Å². The van der Waals surface area contributed by atoms with Gasteiger partial charge in [-0.05, 0) is 36.6 Å². The minimum Gasteiger partial charge on any atom is -0.480 e. The lowest BCUT2D eigenvalue weighted by atomic mass is 9.75. The van der Waals surface area contributed by atoms with Crippen molar-refractivity contribution in [3.8, 4) is 0 Å². The largest absolute Gasteiger partial charge is 0.480 e. The molecule has 2 aliphatic heterocycles. The summed E-state index contributed by atoms with van der Waals surface area (Å²) >= 11 is 1.50. The molecule has 28 heavy (non-hydrogen) atoms. The van der Waals surface area contributed by atoms with Gasteiger partial charge in [0, 0.05) is 10.9 Å². The molecule has 3 fully saturated rings. The van der Waals surface area contributed by atoms with Gasteiger partial charge in [0.1, 0.15) is 5.54 Å². The maximum Gasteiger partial charge on any atom is 0.324 e. The predicted octanol–water partition coefficient (Wildman–Crippen LogP) is 3.20. The molecule has 1 saturated carbocycles. The Kier molecular flexibility index (Phi) is 5.08. The van der Waals surface area contributed by atoms with Crippen molar-refractivity contribution >= 4 is 29.1 Å². The first-order valence-corrected chi connectivity index (χ1v) is 11.2. The van der Waals surface area contributed by atoms with E-state index in [1.54, 1.807) is 0 Å². The number of hydrogen-bond donors (Lipinski definition) is 2. The number of carboxylic acid groups (broad SMARTS) is 1. The zero-order valence-corrected chi connectivity index (χ0v) is 17.2. The summed E-state index contributed by atoms with van der Waals surface area (Å²) in [6.07, 6.45) is 5.14. The van der Waals surface area contributed by atoms with Crippen molar-refractivity contribution in [2.75, 3.05) is 0 Å². The molecule has 4 unspecified atom stereocenters. The minimum atomic E-state index is -1.40. The fourth-order valence-electron chi connectivity index (χ4n) is 5.55. The first-order chi connectivity index (χ1) is 13.4. The van der Waals surface area contributed by atoms with Crippen molar-refractivity contribution in [1.29, 1.82) is 0 Å². The third kappa shape index (κ3) is 2.90. The van der Waals surface area contributed by atoms with Gasteiger partial charge in [0.2, 0.25) is 11.8 Å². The van der Waals surface area contributed by atoms with Gasteiger partial charge in [-0.1, -0.05) is 39.2 Å². The van der Waals surface area contributed by atoms with Gasteiger partial charge in [-0.15, -0.1) is 11.3 Å². The number of thiophene rings is 1. The number of carboxylic acids is 1. The van der Waals surface area contributed by atoms with E-state index in [4.69, 9.17) is 0 Å². The number of fused-ring (bicyclic) bond motifs is 1. The van der Waals surface area contributed by atoms with Crippen LogP contribution in [0.4, 0.5) is 0 Å². The maximum absolute atomic E-state index is 13.5. The highest BCUT2D eigenvalue weighted by Crippen LogP contribution is 2.52. The topological polar surface area (TPSA) is 86.7 Å². The lowest BCUT2D eigenvalue weighted by Crippen LogP contribution is -2.57. The molecule has 2 N–H and O–H groups in total. The summed E-state index contributed by atoms with van der Waals surface area (Å²) in [6, 6.07) is 3.33. The molecular weight excluding hydrogens is 376 g/mol. The van der Waals surface area contributed by atoms with Gasteiger partial charge in [0.05, 0.1) is 17.9 Å². The van der Waals surface area contributed by atoms with Crippen LogP contribution >= 0.6 is 11.3 Å². The molecule has 4 rings (SSSR count). The molecule has 4 atom stereocenters. The normalized spacial score (nSPS) is 33.7. The number of carbonyl (C=O) groups is 3. The first-order valence-electron chi connectivity index (χ1n) is 10.3. The van der Waals surface area contributed by atoms with E-state index in [-0.39, 0.29) is 23.8 Å². The number of carbonyl (C=O) groups excluding carboxylic acids is 2. The Labute approximate surface area is 169 Å². The van der Waals surface area contributed by atoms with Crippen LogP contribution < -0.4 is 5.32 Å². The second kappa shape index (κ2) is 7.26. The Balaban J connectivity index is 1.78. The fourth-order valence-corrected chi connectivity index (χ4v) is 6.38. The molecule has 152 valence electrons. The van der Waals surface area contributed by atoms with Crippen LogP contribution in [-0.4, -0.2) is 39.4 Å². The molecule has 0 radical (unpaired) electrons. The minimum absolute atomic E-state index is 0.0751. The third-order valence-corrected chi connectivity index (χ3v) is 7.55. The number of amides is 2. The number of likely N-dealkylation sites (tertiary alicyclic amines) is 1. The van der Waals surface area contributed by atoms with Crippen molar-refractivity contribution in [2.45, 2.75) is 70.0 Å². The van der Waals surface area contributed by atoms with E-state index in [9.17, 15) is 19.5 Å². The first kappa shape index (κ1) is 19.6. The lowest BCUT2D eigenvalue weighted by Gasteiger charge is -2.35. The molecule has 0 bridgehead atoms. The molecule has 6 nitrogen and oxygen atoms in total. The summed E-state index contributed by atoms with van der Waals surface area (Å²) in [5, 5.41) is 15.4. The lowest BCUT2D eigenvalue weighted by molar-refractivity contribution is -0.153. The van der Waals surface area contributed by atoms with Gasteiger partial charge in [0.15, 0.2) is 0 Å². The molecule has 2 amide bonds. The van der Waals surface area contributed by atoms with Gasteiger partial charge in [-0.2, -0.15) is 0 Å². The Morgan fingerprint density at radius 1 is 1.29 bits per heavy atom. The maximum atomic E-state index is 13.5. The summed E-state index contributed by atoms with van der Waals surface area (Å²) in [7, 11) is 0. The number of nitrogens with one attached hydrogen (secondary N) is 1. The van der Waals surface area contributed by atoms with Gasteiger partial charge < -0.3 is 5.11 Å². The van der Waals surface area contributed by atoms with Crippen LogP contribution in [-0.2, 0) is 14.4 Å². The highest BCUT2D eigenvalue weighted by molar-refractivity contribution is 7.10. The summed E-state index contributed by atoms with van der Waals surface area (Å²) in [6.45, 7) is 3.92. The molecule has 7 heteroatoms. The van der Waals surface area contributed by atoms with Crippen molar-refractivity contribution in [1.82, 2.24) is 10.2 Å². The highest BCUT2D eigenvalue weighted by atomic mass is 32.1. The monoisotopic (exact) mass is 404 g/mol. The average Bonchev–Trinajstić information content (AvgIpc) is 3.33. The summed E-state index contributed by atoms with van der Waals surface area (Å²) < 4.78 is 0. The van der Waals surface area contributed by atoms with Gasteiger partial charge in [-0.3, -0.25) is 24.6 Å². The highest BCUT2D eigenvalue weighted by Gasteiger charge is 2.69.